The third kappa shape index (κ3) is 4.65. The number of amides is 2. The molecule has 4 rings (SSSR count). The first-order valence-electron chi connectivity index (χ1n) is 10.5. The zero-order valence-corrected chi connectivity index (χ0v) is 19.6. The first-order chi connectivity index (χ1) is 16.4. The number of nitrogens with zero attached hydrogens (tertiary/aromatic N) is 3. The SMILES string of the molecule is COc1cc(C(=O)N2CCC[C@H]2c2nnc(C(=O)Nc3cccc(F)c3)s2)cc(OC)c1OC. The van der Waals surface area contributed by atoms with Gasteiger partial charge in [-0.05, 0) is 43.2 Å². The van der Waals surface area contributed by atoms with Gasteiger partial charge in [-0.2, -0.15) is 0 Å². The van der Waals surface area contributed by atoms with Gasteiger partial charge in [-0.1, -0.05) is 17.4 Å². The van der Waals surface area contributed by atoms with Crippen LogP contribution in [-0.2, 0) is 0 Å². The summed E-state index contributed by atoms with van der Waals surface area (Å²) in [5.41, 5.74) is 0.705. The Balaban J connectivity index is 1.55. The second-order valence-corrected chi connectivity index (χ2v) is 8.49. The van der Waals surface area contributed by atoms with E-state index < -0.39 is 11.7 Å². The molecule has 2 aromatic carbocycles. The standard InChI is InChI=1S/C23H23FN4O5S/c1-31-17-10-13(11-18(32-2)19(17)33-3)23(30)28-9-5-8-16(28)21-26-27-22(34-21)20(29)25-15-7-4-6-14(24)12-15/h4,6-7,10-12,16H,5,8-9H2,1-3H3,(H,25,29)/t16-/m0/s1. The fourth-order valence-corrected chi connectivity index (χ4v) is 4.73. The van der Waals surface area contributed by atoms with Crippen molar-refractivity contribution in [1.82, 2.24) is 15.1 Å². The van der Waals surface area contributed by atoms with E-state index in [-0.39, 0.29) is 17.0 Å². The molecular formula is C23H23FN4O5S. The number of benzene rings is 2. The van der Waals surface area contributed by atoms with Gasteiger partial charge in [0.05, 0.1) is 27.4 Å². The molecule has 1 aromatic heterocycles. The van der Waals surface area contributed by atoms with Crippen LogP contribution in [0.3, 0.4) is 0 Å². The quantitative estimate of drug-likeness (QED) is 0.540. The van der Waals surface area contributed by atoms with Crippen LogP contribution in [0, 0.1) is 5.82 Å². The molecule has 9 nitrogen and oxygen atoms in total. The summed E-state index contributed by atoms with van der Waals surface area (Å²) in [4.78, 5) is 27.6. The summed E-state index contributed by atoms with van der Waals surface area (Å²) in [6.45, 7) is 0.532. The van der Waals surface area contributed by atoms with Crippen molar-refractivity contribution in [2.24, 2.45) is 0 Å². The second kappa shape index (κ2) is 10.0. The third-order valence-electron chi connectivity index (χ3n) is 5.43. The lowest BCUT2D eigenvalue weighted by Crippen LogP contribution is -2.30. The van der Waals surface area contributed by atoms with E-state index in [0.717, 1.165) is 17.8 Å². The molecule has 1 N–H and O–H groups in total. The molecule has 0 spiro atoms. The summed E-state index contributed by atoms with van der Waals surface area (Å²) in [5.74, 6) is -0.000782. The number of anilines is 1. The minimum Gasteiger partial charge on any atom is -0.493 e. The van der Waals surface area contributed by atoms with Crippen LogP contribution in [0.1, 0.15) is 44.1 Å². The molecule has 34 heavy (non-hydrogen) atoms. The number of nitrogens with one attached hydrogen (secondary N) is 1. The number of ether oxygens (including phenoxy) is 3. The average molecular weight is 487 g/mol. The lowest BCUT2D eigenvalue weighted by atomic mass is 10.1. The van der Waals surface area contributed by atoms with E-state index in [9.17, 15) is 14.0 Å². The van der Waals surface area contributed by atoms with Gasteiger partial charge in [0.2, 0.25) is 10.8 Å². The summed E-state index contributed by atoms with van der Waals surface area (Å²) in [6, 6.07) is 8.49. The molecule has 0 unspecified atom stereocenters. The number of halogens is 1. The van der Waals surface area contributed by atoms with Crippen molar-refractivity contribution in [3.05, 3.63) is 57.8 Å². The van der Waals surface area contributed by atoms with E-state index in [1.807, 2.05) is 0 Å². The van der Waals surface area contributed by atoms with Crippen molar-refractivity contribution >= 4 is 28.8 Å². The van der Waals surface area contributed by atoms with Crippen LogP contribution in [0.25, 0.3) is 0 Å². The molecule has 3 aromatic rings. The van der Waals surface area contributed by atoms with Crippen LogP contribution in [0.5, 0.6) is 17.2 Å². The molecule has 0 radical (unpaired) electrons. The van der Waals surface area contributed by atoms with Crippen molar-refractivity contribution in [1.29, 1.82) is 0 Å². The van der Waals surface area contributed by atoms with Crippen LogP contribution in [0.4, 0.5) is 10.1 Å². The Morgan fingerprint density at radius 3 is 2.47 bits per heavy atom. The molecule has 178 valence electrons. The maximum atomic E-state index is 13.4. The van der Waals surface area contributed by atoms with Crippen LogP contribution in [0.15, 0.2) is 36.4 Å². The molecule has 1 atom stereocenters. The van der Waals surface area contributed by atoms with E-state index >= 15 is 0 Å². The Kier molecular flexibility index (Phi) is 6.92. The largest absolute Gasteiger partial charge is 0.493 e. The summed E-state index contributed by atoms with van der Waals surface area (Å²) >= 11 is 1.11. The highest BCUT2D eigenvalue weighted by Gasteiger charge is 2.34. The summed E-state index contributed by atoms with van der Waals surface area (Å²) in [6.07, 6.45) is 1.47. The van der Waals surface area contributed by atoms with Gasteiger partial charge < -0.3 is 24.4 Å². The molecule has 1 fully saturated rings. The topological polar surface area (TPSA) is 103 Å². The minimum atomic E-state index is -0.491. The van der Waals surface area contributed by atoms with Crippen LogP contribution < -0.4 is 19.5 Å². The van der Waals surface area contributed by atoms with E-state index in [1.54, 1.807) is 23.1 Å². The summed E-state index contributed by atoms with van der Waals surface area (Å²) < 4.78 is 29.5. The normalized spacial score (nSPS) is 15.2. The Bertz CT molecular complexity index is 1190. The highest BCUT2D eigenvalue weighted by Crippen LogP contribution is 2.40. The van der Waals surface area contributed by atoms with Gasteiger partial charge >= 0.3 is 0 Å². The molecule has 2 heterocycles. The average Bonchev–Trinajstić information content (AvgIpc) is 3.52. The van der Waals surface area contributed by atoms with Gasteiger partial charge in [0.15, 0.2) is 11.5 Å². The predicted molar refractivity (Wildman–Crippen MR) is 123 cm³/mol. The number of methoxy groups -OCH3 is 3. The highest BCUT2D eigenvalue weighted by atomic mass is 32.1. The molecule has 0 aliphatic carbocycles. The fourth-order valence-electron chi connectivity index (χ4n) is 3.85. The Hall–Kier alpha value is -3.73. The first kappa shape index (κ1) is 23.4. The lowest BCUT2D eigenvalue weighted by Gasteiger charge is -2.23. The highest BCUT2D eigenvalue weighted by molar-refractivity contribution is 7.13. The smallest absolute Gasteiger partial charge is 0.286 e. The number of rotatable bonds is 7. The maximum absolute atomic E-state index is 13.4. The van der Waals surface area contributed by atoms with Gasteiger partial charge in [-0.15, -0.1) is 10.2 Å². The summed E-state index contributed by atoms with van der Waals surface area (Å²) in [7, 11) is 4.47. The van der Waals surface area contributed by atoms with Crippen molar-refractivity contribution in [3.63, 3.8) is 0 Å². The number of likely N-dealkylation sites (tertiary alicyclic amines) is 1. The van der Waals surface area contributed by atoms with Crippen molar-refractivity contribution in [2.45, 2.75) is 18.9 Å². The van der Waals surface area contributed by atoms with E-state index in [0.29, 0.717) is 46.5 Å². The molecule has 2 amide bonds. The van der Waals surface area contributed by atoms with Gasteiger partial charge in [-0.25, -0.2) is 4.39 Å². The van der Waals surface area contributed by atoms with Crippen molar-refractivity contribution < 1.29 is 28.2 Å². The Morgan fingerprint density at radius 2 is 1.82 bits per heavy atom. The lowest BCUT2D eigenvalue weighted by molar-refractivity contribution is 0.0734. The van der Waals surface area contributed by atoms with Crippen molar-refractivity contribution in [3.8, 4) is 17.2 Å². The predicted octanol–water partition coefficient (Wildman–Crippen LogP) is 3.93. The molecule has 0 bridgehead atoms. The van der Waals surface area contributed by atoms with Crippen molar-refractivity contribution in [2.75, 3.05) is 33.2 Å². The maximum Gasteiger partial charge on any atom is 0.286 e. The molecule has 11 heteroatoms. The Labute approximate surface area is 199 Å². The number of aromatic nitrogens is 2. The zero-order valence-electron chi connectivity index (χ0n) is 18.8. The van der Waals surface area contributed by atoms with Crippen LogP contribution in [0.2, 0.25) is 0 Å². The monoisotopic (exact) mass is 486 g/mol. The van der Waals surface area contributed by atoms with Gasteiger partial charge in [0, 0.05) is 17.8 Å². The van der Waals surface area contributed by atoms with E-state index in [1.165, 1.54) is 39.5 Å². The molecular weight excluding hydrogens is 463 g/mol. The number of hydrogen-bond acceptors (Lipinski definition) is 8. The van der Waals surface area contributed by atoms with Gasteiger partial charge in [0.25, 0.3) is 11.8 Å². The van der Waals surface area contributed by atoms with Gasteiger partial charge in [-0.3, -0.25) is 9.59 Å². The number of carbonyl (C=O) groups is 2. The zero-order chi connectivity index (χ0) is 24.2. The number of carbonyl (C=O) groups excluding carboxylic acids is 2. The summed E-state index contributed by atoms with van der Waals surface area (Å²) in [5, 5.41) is 11.5. The third-order valence-corrected chi connectivity index (χ3v) is 6.45. The fraction of sp³-hybridized carbons (Fsp3) is 0.304. The van der Waals surface area contributed by atoms with E-state index in [2.05, 4.69) is 15.5 Å². The second-order valence-electron chi connectivity index (χ2n) is 7.48. The first-order valence-corrected chi connectivity index (χ1v) is 11.3. The Morgan fingerprint density at radius 1 is 1.09 bits per heavy atom. The molecule has 1 aliphatic heterocycles. The molecule has 0 saturated carbocycles. The van der Waals surface area contributed by atoms with E-state index in [4.69, 9.17) is 14.2 Å². The molecule has 1 aliphatic rings. The molecule has 1 saturated heterocycles. The van der Waals surface area contributed by atoms with Crippen LogP contribution in [-0.4, -0.2) is 54.8 Å². The van der Waals surface area contributed by atoms with Crippen LogP contribution >= 0.6 is 11.3 Å². The van der Waals surface area contributed by atoms with Gasteiger partial charge in [0.1, 0.15) is 10.8 Å². The number of hydrogen-bond donors (Lipinski definition) is 1. The minimum absolute atomic E-state index is 0.131.